The lowest BCUT2D eigenvalue weighted by Crippen LogP contribution is -2.44. The number of urea groups is 1. The first-order valence-corrected chi connectivity index (χ1v) is 13.2. The van der Waals surface area contributed by atoms with Gasteiger partial charge in [-0.3, -0.25) is 4.98 Å². The average Bonchev–Trinajstić information content (AvgIpc) is 3.14. The molecule has 38 heavy (non-hydrogen) atoms. The summed E-state index contributed by atoms with van der Waals surface area (Å²) in [5.41, 5.74) is 2.14. The number of piperidine rings is 1. The van der Waals surface area contributed by atoms with Gasteiger partial charge in [0.1, 0.15) is 6.10 Å². The maximum atomic E-state index is 12.4. The van der Waals surface area contributed by atoms with Crippen LogP contribution in [0, 0.1) is 0 Å². The summed E-state index contributed by atoms with van der Waals surface area (Å²) < 4.78 is 11.9. The minimum Gasteiger partial charge on any atom is -0.460 e. The molecule has 3 saturated heterocycles. The first-order chi connectivity index (χ1) is 18.6. The number of amides is 2. The zero-order valence-corrected chi connectivity index (χ0v) is 21.4. The molecular weight excluding hydrogens is 484 g/mol. The number of aromatic nitrogens is 4. The Morgan fingerprint density at radius 3 is 2.26 bits per heavy atom. The second-order valence-corrected chi connectivity index (χ2v) is 10.00. The minimum atomic E-state index is -0.332. The number of fused-ring (bicyclic) bond motifs is 2. The molecule has 5 heterocycles. The molecule has 0 saturated carbocycles. The molecule has 3 aliphatic rings. The Morgan fingerprint density at radius 2 is 1.58 bits per heavy atom. The van der Waals surface area contributed by atoms with Crippen LogP contribution in [0.5, 0.6) is 6.01 Å². The number of nitrogens with zero attached hydrogens (tertiary/aromatic N) is 6. The van der Waals surface area contributed by atoms with Gasteiger partial charge in [0.15, 0.2) is 5.82 Å². The van der Waals surface area contributed by atoms with Crippen LogP contribution in [0.2, 0.25) is 0 Å². The molecule has 11 heteroatoms. The summed E-state index contributed by atoms with van der Waals surface area (Å²) in [6.45, 7) is 2.71. The fourth-order valence-electron chi connectivity index (χ4n) is 5.47. The van der Waals surface area contributed by atoms with Crippen LogP contribution < -0.4 is 20.3 Å². The van der Waals surface area contributed by atoms with Gasteiger partial charge in [-0.25, -0.2) is 4.79 Å². The molecule has 3 fully saturated rings. The standard InChI is InChI=1S/C27H32N8O3/c1-34-21-6-7-22(34)17-23(16-21)38-27-32-24(31-25(33-27)35-12-14-37-15-13-35)18-2-4-19(5-3-18)29-26(36)30-20-8-10-28-11-9-20/h2-5,8-11,21-23H,6-7,12-17H2,1H3,(H2,28,29,30,36). The third-order valence-corrected chi connectivity index (χ3v) is 7.56. The van der Waals surface area contributed by atoms with Gasteiger partial charge in [0.25, 0.3) is 0 Å². The number of hydrogen-bond donors (Lipinski definition) is 2. The Balaban J connectivity index is 1.20. The van der Waals surface area contributed by atoms with Crippen LogP contribution in [0.4, 0.5) is 22.1 Å². The van der Waals surface area contributed by atoms with E-state index in [1.165, 1.54) is 12.8 Å². The first-order valence-electron chi connectivity index (χ1n) is 13.2. The highest BCUT2D eigenvalue weighted by Gasteiger charge is 2.39. The average molecular weight is 517 g/mol. The lowest BCUT2D eigenvalue weighted by Gasteiger charge is -2.35. The molecule has 2 amide bonds. The maximum absolute atomic E-state index is 12.4. The third kappa shape index (κ3) is 5.53. The predicted octanol–water partition coefficient (Wildman–Crippen LogP) is 3.42. The fourth-order valence-corrected chi connectivity index (χ4v) is 5.47. The number of carbonyl (C=O) groups excluding carboxylic acids is 1. The molecule has 2 bridgehead atoms. The van der Waals surface area contributed by atoms with E-state index in [2.05, 4.69) is 32.5 Å². The summed E-state index contributed by atoms with van der Waals surface area (Å²) in [6.07, 6.45) is 7.78. The second-order valence-electron chi connectivity index (χ2n) is 10.00. The predicted molar refractivity (Wildman–Crippen MR) is 143 cm³/mol. The zero-order valence-electron chi connectivity index (χ0n) is 21.4. The number of hydrogen-bond acceptors (Lipinski definition) is 9. The van der Waals surface area contributed by atoms with Gasteiger partial charge < -0.3 is 29.9 Å². The van der Waals surface area contributed by atoms with Gasteiger partial charge in [0, 0.05) is 67.3 Å². The van der Waals surface area contributed by atoms with Gasteiger partial charge in [-0.1, -0.05) is 0 Å². The third-order valence-electron chi connectivity index (χ3n) is 7.56. The van der Waals surface area contributed by atoms with Gasteiger partial charge in [0.2, 0.25) is 5.95 Å². The number of benzene rings is 1. The van der Waals surface area contributed by atoms with Crippen molar-refractivity contribution in [1.29, 1.82) is 0 Å². The zero-order chi connectivity index (χ0) is 25.9. The number of ether oxygens (including phenoxy) is 2. The first kappa shape index (κ1) is 24.5. The van der Waals surface area contributed by atoms with Gasteiger partial charge in [-0.2, -0.15) is 15.0 Å². The molecule has 0 radical (unpaired) electrons. The fraction of sp³-hybridized carbons (Fsp3) is 0.444. The van der Waals surface area contributed by atoms with Crippen molar-refractivity contribution in [1.82, 2.24) is 24.8 Å². The quantitative estimate of drug-likeness (QED) is 0.508. The number of carbonyl (C=O) groups is 1. The number of anilines is 3. The summed E-state index contributed by atoms with van der Waals surface area (Å²) in [4.78, 5) is 35.1. The molecule has 0 spiro atoms. The van der Waals surface area contributed by atoms with E-state index < -0.39 is 0 Å². The molecule has 11 nitrogen and oxygen atoms in total. The highest BCUT2D eigenvalue weighted by Crippen LogP contribution is 2.36. The molecule has 2 N–H and O–H groups in total. The summed E-state index contributed by atoms with van der Waals surface area (Å²) >= 11 is 0. The van der Waals surface area contributed by atoms with Crippen LogP contribution in [-0.2, 0) is 4.74 Å². The Kier molecular flexibility index (Phi) is 7.02. The number of nitrogens with one attached hydrogen (secondary N) is 2. The number of rotatable bonds is 6. The second kappa shape index (κ2) is 10.9. The molecule has 2 atom stereocenters. The molecule has 1 aromatic carbocycles. The summed E-state index contributed by atoms with van der Waals surface area (Å²) in [7, 11) is 2.22. The molecule has 6 rings (SSSR count). The molecule has 2 unspecified atom stereocenters. The smallest absolute Gasteiger partial charge is 0.323 e. The van der Waals surface area contributed by atoms with Crippen molar-refractivity contribution in [2.75, 3.05) is 48.9 Å². The van der Waals surface area contributed by atoms with E-state index >= 15 is 0 Å². The van der Waals surface area contributed by atoms with Crippen LogP contribution in [0.15, 0.2) is 48.8 Å². The Morgan fingerprint density at radius 1 is 0.921 bits per heavy atom. The molecule has 2 aromatic heterocycles. The largest absolute Gasteiger partial charge is 0.460 e. The van der Waals surface area contributed by atoms with E-state index in [1.54, 1.807) is 24.5 Å². The highest BCUT2D eigenvalue weighted by atomic mass is 16.5. The highest BCUT2D eigenvalue weighted by molar-refractivity contribution is 5.99. The number of morpholine rings is 1. The Labute approximate surface area is 221 Å². The van der Waals surface area contributed by atoms with E-state index in [-0.39, 0.29) is 12.1 Å². The van der Waals surface area contributed by atoms with Gasteiger partial charge in [0.05, 0.1) is 13.2 Å². The van der Waals surface area contributed by atoms with Gasteiger partial charge in [-0.05, 0) is 56.3 Å². The van der Waals surface area contributed by atoms with Crippen molar-refractivity contribution in [2.24, 2.45) is 0 Å². The van der Waals surface area contributed by atoms with Crippen LogP contribution in [0.25, 0.3) is 11.4 Å². The van der Waals surface area contributed by atoms with E-state index in [1.807, 2.05) is 24.3 Å². The van der Waals surface area contributed by atoms with Gasteiger partial charge >= 0.3 is 12.0 Å². The van der Waals surface area contributed by atoms with Crippen molar-refractivity contribution in [3.8, 4) is 17.4 Å². The maximum Gasteiger partial charge on any atom is 0.323 e. The van der Waals surface area contributed by atoms with E-state index in [4.69, 9.17) is 24.4 Å². The number of pyridine rings is 1. The minimum absolute atomic E-state index is 0.0990. The normalized spacial score (nSPS) is 23.2. The Bertz CT molecular complexity index is 1240. The molecule has 198 valence electrons. The van der Waals surface area contributed by atoms with Crippen molar-refractivity contribution in [2.45, 2.75) is 43.9 Å². The van der Waals surface area contributed by atoms with E-state index in [0.717, 1.165) is 31.5 Å². The lowest BCUT2D eigenvalue weighted by molar-refractivity contribution is 0.0599. The van der Waals surface area contributed by atoms with Crippen molar-refractivity contribution < 1.29 is 14.3 Å². The summed E-state index contributed by atoms with van der Waals surface area (Å²) in [5, 5.41) is 5.62. The monoisotopic (exact) mass is 516 g/mol. The van der Waals surface area contributed by atoms with Crippen LogP contribution in [0.1, 0.15) is 25.7 Å². The molecule has 3 aromatic rings. The van der Waals surface area contributed by atoms with Crippen molar-refractivity contribution in [3.63, 3.8) is 0 Å². The van der Waals surface area contributed by atoms with E-state index in [9.17, 15) is 4.79 Å². The van der Waals surface area contributed by atoms with Crippen LogP contribution in [-0.4, -0.2) is 82.4 Å². The molecular formula is C27H32N8O3. The molecule has 3 aliphatic heterocycles. The van der Waals surface area contributed by atoms with Crippen LogP contribution >= 0.6 is 0 Å². The van der Waals surface area contributed by atoms with Gasteiger partial charge in [-0.15, -0.1) is 0 Å². The summed E-state index contributed by atoms with van der Waals surface area (Å²) in [6, 6.07) is 12.1. The van der Waals surface area contributed by atoms with Crippen molar-refractivity contribution in [3.05, 3.63) is 48.8 Å². The molecule has 0 aliphatic carbocycles. The Hall–Kier alpha value is -3.83. The lowest BCUT2D eigenvalue weighted by atomic mass is 10.0. The van der Waals surface area contributed by atoms with E-state index in [0.29, 0.717) is 54.5 Å². The van der Waals surface area contributed by atoms with Crippen molar-refractivity contribution >= 4 is 23.4 Å². The van der Waals surface area contributed by atoms with Crippen LogP contribution in [0.3, 0.4) is 0 Å². The topological polar surface area (TPSA) is 118 Å². The SMILES string of the molecule is CN1C2CCC1CC(Oc1nc(-c3ccc(NC(=O)Nc4ccncc4)cc3)nc(N3CCOCC3)n1)C2. The summed E-state index contributed by atoms with van der Waals surface area (Å²) in [5.74, 6) is 1.14.